The minimum absolute atomic E-state index is 0.738. The highest BCUT2D eigenvalue weighted by Crippen LogP contribution is 2.36. The molecule has 1 heterocycles. The fraction of sp³-hybridized carbons (Fsp3) is 0. The topological polar surface area (TPSA) is 105 Å². The third-order valence-corrected chi connectivity index (χ3v) is 5.28. The summed E-state index contributed by atoms with van der Waals surface area (Å²) in [4.78, 5) is 0. The predicted octanol–water partition coefficient (Wildman–Crippen LogP) is 1.37. The van der Waals surface area contributed by atoms with Crippen LogP contribution < -0.4 is 18.6 Å². The lowest BCUT2D eigenvalue weighted by molar-refractivity contribution is -2.00. The molecule has 0 amide bonds. The zero-order valence-corrected chi connectivity index (χ0v) is 15.6. The van der Waals surface area contributed by atoms with Crippen LogP contribution in [0.4, 0.5) is 0 Å². The molecule has 0 saturated carbocycles. The molecular formula is C14H8Cl3NO4S2. The molecule has 0 unspecified atom stereocenters. The van der Waals surface area contributed by atoms with Crippen LogP contribution in [-0.2, 0) is 0 Å². The third kappa shape index (κ3) is 6.56. The molecule has 3 aromatic rings. The van der Waals surface area contributed by atoms with Crippen LogP contribution in [0, 0.1) is 10.2 Å². The summed E-state index contributed by atoms with van der Waals surface area (Å²) >= 11 is 15.0. The van der Waals surface area contributed by atoms with Crippen LogP contribution in [0.2, 0.25) is 10.0 Å². The van der Waals surface area contributed by atoms with Crippen molar-refractivity contribution in [2.75, 3.05) is 0 Å². The largest absolute Gasteiger partial charge is 0.310 e. The zero-order chi connectivity index (χ0) is 17.7. The molecule has 2 aromatic carbocycles. The van der Waals surface area contributed by atoms with E-state index < -0.39 is 10.2 Å². The number of aromatic nitrogens is 1. The summed E-state index contributed by atoms with van der Waals surface area (Å²) in [5.74, 6) is 0. The first kappa shape index (κ1) is 19.5. The molecule has 0 fully saturated rings. The van der Waals surface area contributed by atoms with E-state index in [4.69, 9.17) is 41.8 Å². The quantitative estimate of drug-likeness (QED) is 0.578. The van der Waals surface area contributed by atoms with E-state index in [1.807, 2.05) is 48.5 Å². The fourth-order valence-electron chi connectivity index (χ4n) is 1.61. The molecule has 0 aliphatic rings. The molecule has 0 spiro atoms. The van der Waals surface area contributed by atoms with Gasteiger partial charge < -0.3 is 0 Å². The van der Waals surface area contributed by atoms with Crippen molar-refractivity contribution in [3.05, 3.63) is 58.6 Å². The van der Waals surface area contributed by atoms with Crippen LogP contribution in [0.1, 0.15) is 0 Å². The molecule has 24 heavy (non-hydrogen) atoms. The van der Waals surface area contributed by atoms with Crippen molar-refractivity contribution >= 4 is 46.1 Å². The Kier molecular flexibility index (Phi) is 6.88. The molecule has 0 aliphatic carbocycles. The number of rotatable bonds is 2. The Morgan fingerprint density at radius 1 is 0.792 bits per heavy atom. The van der Waals surface area contributed by atoms with E-state index in [9.17, 15) is 0 Å². The van der Waals surface area contributed by atoms with E-state index >= 15 is 0 Å². The monoisotopic (exact) mass is 423 g/mol. The van der Waals surface area contributed by atoms with Crippen molar-refractivity contribution in [2.24, 2.45) is 0 Å². The van der Waals surface area contributed by atoms with Gasteiger partial charge in [0.15, 0.2) is 0 Å². The average molecular weight is 425 g/mol. The highest BCUT2D eigenvalue weighted by molar-refractivity contribution is 7.34. The SMILES string of the molecule is Clc1ccc(-c2nsc(-c3ccc(Cl)cc3)[s+]2)cc1.[O-][Cl+3]([O-])([O-])[O-]. The highest BCUT2D eigenvalue weighted by Gasteiger charge is 2.19. The van der Waals surface area contributed by atoms with Gasteiger partial charge in [0, 0.05) is 15.6 Å². The van der Waals surface area contributed by atoms with Crippen molar-refractivity contribution in [2.45, 2.75) is 0 Å². The van der Waals surface area contributed by atoms with Gasteiger partial charge in [0.1, 0.15) is 11.3 Å². The Balaban J connectivity index is 0.000000368. The zero-order valence-electron chi connectivity index (χ0n) is 11.6. The fourth-order valence-corrected chi connectivity index (χ4v) is 3.82. The molecule has 126 valence electrons. The molecule has 3 rings (SSSR count). The van der Waals surface area contributed by atoms with Gasteiger partial charge in [-0.1, -0.05) is 23.2 Å². The van der Waals surface area contributed by atoms with Gasteiger partial charge in [-0.2, -0.15) is 0 Å². The lowest BCUT2D eigenvalue weighted by atomic mass is 10.2. The van der Waals surface area contributed by atoms with Crippen LogP contribution in [0.15, 0.2) is 48.5 Å². The van der Waals surface area contributed by atoms with Gasteiger partial charge in [-0.15, -0.1) is 10.2 Å². The maximum Gasteiger partial charge on any atom is 0.310 e. The molecule has 5 nitrogen and oxygen atoms in total. The third-order valence-electron chi connectivity index (χ3n) is 2.57. The van der Waals surface area contributed by atoms with E-state index in [0.717, 1.165) is 26.2 Å². The van der Waals surface area contributed by atoms with Gasteiger partial charge in [0.25, 0.3) is 5.01 Å². The summed E-state index contributed by atoms with van der Waals surface area (Å²) in [5.41, 5.74) is 2.23. The van der Waals surface area contributed by atoms with Crippen LogP contribution in [0.3, 0.4) is 0 Å². The maximum atomic E-state index is 8.49. The van der Waals surface area contributed by atoms with Crippen LogP contribution in [-0.4, -0.2) is 4.37 Å². The van der Waals surface area contributed by atoms with Gasteiger partial charge in [0.05, 0.1) is 5.56 Å². The summed E-state index contributed by atoms with van der Waals surface area (Å²) in [6.45, 7) is 0. The Labute approximate surface area is 157 Å². The molecule has 0 aliphatic heterocycles. The number of hydrogen-bond donors (Lipinski definition) is 0. The van der Waals surface area contributed by atoms with Gasteiger partial charge in [-0.25, -0.2) is 18.6 Å². The standard InChI is InChI=1S/C14H8Cl2NS2.ClHO4/c15-11-5-1-9(2-6-11)13-17-19-14(18-13)10-3-7-12(16)8-4-10;2-1(3,4)5/h1-8H;(H,2,3,4,5)/q+1;/p-1. The van der Waals surface area contributed by atoms with E-state index in [-0.39, 0.29) is 0 Å². The molecule has 0 saturated heterocycles. The number of nitrogens with zero attached hydrogens (tertiary/aromatic N) is 1. The summed E-state index contributed by atoms with van der Waals surface area (Å²) in [7, 11) is -4.94. The second kappa shape index (κ2) is 8.48. The first-order valence-electron chi connectivity index (χ1n) is 6.16. The number of halogens is 3. The van der Waals surface area contributed by atoms with Crippen molar-refractivity contribution < 1.29 is 28.9 Å². The van der Waals surface area contributed by atoms with E-state index in [1.165, 1.54) is 15.7 Å². The summed E-state index contributed by atoms with van der Waals surface area (Å²) in [6, 6.07) is 15.5. The van der Waals surface area contributed by atoms with Gasteiger partial charge in [-0.3, -0.25) is 0 Å². The van der Waals surface area contributed by atoms with Crippen LogP contribution in [0.5, 0.6) is 0 Å². The molecule has 0 bridgehead atoms. The van der Waals surface area contributed by atoms with E-state index in [2.05, 4.69) is 4.37 Å². The molecule has 0 radical (unpaired) electrons. The Hall–Kier alpha value is -0.870. The summed E-state index contributed by atoms with van der Waals surface area (Å²) < 4.78 is 39.6. The maximum absolute atomic E-state index is 8.49. The Bertz CT molecular complexity index is 723. The van der Waals surface area contributed by atoms with Gasteiger partial charge >= 0.3 is 4.19 Å². The first-order chi connectivity index (χ1) is 11.2. The van der Waals surface area contributed by atoms with Crippen LogP contribution >= 0.6 is 46.1 Å². The van der Waals surface area contributed by atoms with Crippen molar-refractivity contribution in [1.82, 2.24) is 4.37 Å². The highest BCUT2D eigenvalue weighted by atomic mass is 35.7. The lowest BCUT2D eigenvalue weighted by Gasteiger charge is -2.17. The minimum atomic E-state index is -4.94. The minimum Gasteiger partial charge on any atom is -0.222 e. The molecule has 10 heteroatoms. The predicted molar refractivity (Wildman–Crippen MR) is 85.3 cm³/mol. The normalized spacial score (nSPS) is 10.9. The smallest absolute Gasteiger partial charge is 0.222 e. The Morgan fingerprint density at radius 3 is 1.67 bits per heavy atom. The molecule has 1 aromatic heterocycles. The number of hydrogen-bond acceptors (Lipinski definition) is 6. The number of benzene rings is 2. The average Bonchev–Trinajstić information content (AvgIpc) is 2.97. The molecule has 0 atom stereocenters. The van der Waals surface area contributed by atoms with Crippen LogP contribution in [0.25, 0.3) is 20.3 Å². The Morgan fingerprint density at radius 2 is 1.21 bits per heavy atom. The van der Waals surface area contributed by atoms with Crippen molar-refractivity contribution in [3.63, 3.8) is 0 Å². The van der Waals surface area contributed by atoms with Gasteiger partial charge in [0.2, 0.25) is 11.5 Å². The van der Waals surface area contributed by atoms with E-state index in [1.54, 1.807) is 11.3 Å². The summed E-state index contributed by atoms with van der Waals surface area (Å²) in [6.07, 6.45) is 0. The van der Waals surface area contributed by atoms with Gasteiger partial charge in [-0.05, 0) is 52.9 Å². The second-order valence-corrected chi connectivity index (χ2v) is 7.93. The summed E-state index contributed by atoms with van der Waals surface area (Å²) in [5, 5.41) is 2.49. The lowest BCUT2D eigenvalue weighted by Crippen LogP contribution is -2.68. The molecular weight excluding hydrogens is 417 g/mol. The molecule has 0 N–H and O–H groups in total. The van der Waals surface area contributed by atoms with E-state index in [0.29, 0.717) is 0 Å². The first-order valence-corrected chi connectivity index (χ1v) is 9.74. The second-order valence-electron chi connectivity index (χ2n) is 4.27. The van der Waals surface area contributed by atoms with Crippen molar-refractivity contribution in [1.29, 1.82) is 0 Å². The van der Waals surface area contributed by atoms with Crippen molar-refractivity contribution in [3.8, 4) is 20.3 Å².